The largest absolute Gasteiger partial charge is 0.325 e. The van der Waals surface area contributed by atoms with Crippen molar-refractivity contribution in [3.05, 3.63) is 65.7 Å². The number of rotatable bonds is 4. The van der Waals surface area contributed by atoms with Crippen LogP contribution in [0.1, 0.15) is 43.7 Å². The molecule has 25 heavy (non-hydrogen) atoms. The molecule has 0 radical (unpaired) electrons. The maximum atomic E-state index is 12.6. The van der Waals surface area contributed by atoms with Gasteiger partial charge in [0, 0.05) is 18.8 Å². The van der Waals surface area contributed by atoms with E-state index in [1.807, 2.05) is 23.1 Å². The third-order valence-corrected chi connectivity index (χ3v) is 5.09. The maximum Gasteiger partial charge on any atom is 0.321 e. The Morgan fingerprint density at radius 3 is 2.36 bits per heavy atom. The lowest BCUT2D eigenvalue weighted by atomic mass is 9.90. The second-order valence-electron chi connectivity index (χ2n) is 7.29. The minimum absolute atomic E-state index is 0.0336. The molecule has 1 fully saturated rings. The summed E-state index contributed by atoms with van der Waals surface area (Å²) >= 11 is 0. The van der Waals surface area contributed by atoms with Crippen LogP contribution in [0.15, 0.2) is 54.6 Å². The van der Waals surface area contributed by atoms with E-state index in [1.54, 1.807) is 0 Å². The highest BCUT2D eigenvalue weighted by Crippen LogP contribution is 2.25. The van der Waals surface area contributed by atoms with Crippen molar-refractivity contribution in [3.8, 4) is 0 Å². The molecule has 1 saturated heterocycles. The summed E-state index contributed by atoms with van der Waals surface area (Å²) in [6.07, 6.45) is 3.27. The molecule has 1 aliphatic heterocycles. The van der Waals surface area contributed by atoms with E-state index in [1.165, 1.54) is 11.1 Å². The second-order valence-corrected chi connectivity index (χ2v) is 7.29. The van der Waals surface area contributed by atoms with Gasteiger partial charge in [-0.15, -0.1) is 0 Å². The highest BCUT2D eigenvalue weighted by Gasteiger charge is 2.23. The van der Waals surface area contributed by atoms with E-state index in [0.29, 0.717) is 11.8 Å². The van der Waals surface area contributed by atoms with Gasteiger partial charge in [0.15, 0.2) is 0 Å². The zero-order chi connectivity index (χ0) is 17.6. The molecule has 2 aromatic carbocycles. The van der Waals surface area contributed by atoms with Crippen molar-refractivity contribution in [2.24, 2.45) is 5.92 Å². The standard InChI is InChI=1S/C22H28N2O/c1-17(2)20-10-6-7-11-21(20)23-22(25)24-14-12-19(13-15-24)16-18-8-4-3-5-9-18/h3-11,17,19H,12-16H2,1-2H3,(H,23,25). The van der Waals surface area contributed by atoms with Crippen molar-refractivity contribution in [2.45, 2.75) is 39.0 Å². The first-order valence-corrected chi connectivity index (χ1v) is 9.32. The summed E-state index contributed by atoms with van der Waals surface area (Å²) in [6, 6.07) is 18.8. The number of anilines is 1. The monoisotopic (exact) mass is 336 g/mol. The number of carbonyl (C=O) groups excluding carboxylic acids is 1. The maximum absolute atomic E-state index is 12.6. The van der Waals surface area contributed by atoms with Crippen LogP contribution in [0.2, 0.25) is 0 Å². The Morgan fingerprint density at radius 2 is 1.68 bits per heavy atom. The van der Waals surface area contributed by atoms with Gasteiger partial charge in [0.2, 0.25) is 0 Å². The fraction of sp³-hybridized carbons (Fsp3) is 0.409. The number of nitrogens with one attached hydrogen (secondary N) is 1. The van der Waals surface area contributed by atoms with Crippen LogP contribution in [0.5, 0.6) is 0 Å². The van der Waals surface area contributed by atoms with Gasteiger partial charge in [-0.05, 0) is 48.3 Å². The van der Waals surface area contributed by atoms with Gasteiger partial charge in [0.25, 0.3) is 0 Å². The first kappa shape index (κ1) is 17.5. The normalized spacial score (nSPS) is 15.4. The lowest BCUT2D eigenvalue weighted by Crippen LogP contribution is -2.41. The van der Waals surface area contributed by atoms with Gasteiger partial charge in [0.1, 0.15) is 0 Å². The Morgan fingerprint density at radius 1 is 1.04 bits per heavy atom. The van der Waals surface area contributed by atoms with Gasteiger partial charge < -0.3 is 10.2 Å². The summed E-state index contributed by atoms with van der Waals surface area (Å²) in [5.41, 5.74) is 3.53. The summed E-state index contributed by atoms with van der Waals surface area (Å²) < 4.78 is 0. The first-order chi connectivity index (χ1) is 12.1. The summed E-state index contributed by atoms with van der Waals surface area (Å²) in [6.45, 7) is 5.99. The average Bonchev–Trinajstić information content (AvgIpc) is 2.63. The topological polar surface area (TPSA) is 32.3 Å². The molecule has 0 atom stereocenters. The molecule has 3 heteroatoms. The zero-order valence-corrected chi connectivity index (χ0v) is 15.2. The van der Waals surface area contributed by atoms with E-state index in [2.05, 4.69) is 55.6 Å². The molecule has 3 rings (SSSR count). The number of urea groups is 1. The van der Waals surface area contributed by atoms with Crippen LogP contribution in [0.3, 0.4) is 0 Å². The molecular formula is C22H28N2O. The van der Waals surface area contributed by atoms with Gasteiger partial charge in [-0.25, -0.2) is 4.79 Å². The average molecular weight is 336 g/mol. The molecule has 0 aromatic heterocycles. The summed E-state index contributed by atoms with van der Waals surface area (Å²) in [5, 5.41) is 3.11. The fourth-order valence-electron chi connectivity index (χ4n) is 3.60. The Labute approximate surface area is 151 Å². The van der Waals surface area contributed by atoms with Gasteiger partial charge in [-0.2, -0.15) is 0 Å². The van der Waals surface area contributed by atoms with Gasteiger partial charge >= 0.3 is 6.03 Å². The predicted molar refractivity (Wildman–Crippen MR) is 104 cm³/mol. The van der Waals surface area contributed by atoms with Gasteiger partial charge in [-0.1, -0.05) is 62.4 Å². The second kappa shape index (κ2) is 8.19. The van der Waals surface area contributed by atoms with E-state index in [9.17, 15) is 4.79 Å². The van der Waals surface area contributed by atoms with Gasteiger partial charge in [-0.3, -0.25) is 0 Å². The van der Waals surface area contributed by atoms with Crippen molar-refractivity contribution in [2.75, 3.05) is 18.4 Å². The van der Waals surface area contributed by atoms with Crippen LogP contribution in [-0.4, -0.2) is 24.0 Å². The molecule has 1 heterocycles. The van der Waals surface area contributed by atoms with Crippen LogP contribution < -0.4 is 5.32 Å². The molecule has 1 aliphatic rings. The van der Waals surface area contributed by atoms with E-state index in [-0.39, 0.29) is 6.03 Å². The van der Waals surface area contributed by atoms with Gasteiger partial charge in [0.05, 0.1) is 0 Å². The van der Waals surface area contributed by atoms with Crippen LogP contribution in [0.4, 0.5) is 10.5 Å². The number of amides is 2. The first-order valence-electron chi connectivity index (χ1n) is 9.32. The minimum atomic E-state index is 0.0336. The summed E-state index contributed by atoms with van der Waals surface area (Å²) in [5.74, 6) is 1.07. The molecule has 0 spiro atoms. The van der Waals surface area contributed by atoms with Crippen LogP contribution in [0.25, 0.3) is 0 Å². The Balaban J connectivity index is 1.54. The molecule has 1 N–H and O–H groups in total. The number of para-hydroxylation sites is 1. The third-order valence-electron chi connectivity index (χ3n) is 5.09. The van der Waals surface area contributed by atoms with Crippen LogP contribution in [-0.2, 0) is 6.42 Å². The number of hydrogen-bond acceptors (Lipinski definition) is 1. The quantitative estimate of drug-likeness (QED) is 0.807. The molecule has 0 saturated carbocycles. The highest BCUT2D eigenvalue weighted by atomic mass is 16.2. The van der Waals surface area contributed by atoms with Crippen molar-refractivity contribution in [1.82, 2.24) is 4.90 Å². The Hall–Kier alpha value is -2.29. The predicted octanol–water partition coefficient (Wildman–Crippen LogP) is 5.30. The van der Waals surface area contributed by atoms with Crippen LogP contribution >= 0.6 is 0 Å². The Bertz CT molecular complexity index is 688. The number of carbonyl (C=O) groups is 1. The third kappa shape index (κ3) is 4.62. The molecule has 3 nitrogen and oxygen atoms in total. The highest BCUT2D eigenvalue weighted by molar-refractivity contribution is 5.90. The zero-order valence-electron chi connectivity index (χ0n) is 15.2. The molecular weight excluding hydrogens is 308 g/mol. The number of nitrogens with zero attached hydrogens (tertiary/aromatic N) is 1. The number of likely N-dealkylation sites (tertiary alicyclic amines) is 1. The van der Waals surface area contributed by atoms with E-state index in [4.69, 9.17) is 0 Å². The van der Waals surface area contributed by atoms with Crippen molar-refractivity contribution in [3.63, 3.8) is 0 Å². The van der Waals surface area contributed by atoms with E-state index >= 15 is 0 Å². The molecule has 0 bridgehead atoms. The minimum Gasteiger partial charge on any atom is -0.325 e. The molecule has 2 amide bonds. The molecule has 2 aromatic rings. The molecule has 0 unspecified atom stereocenters. The van der Waals surface area contributed by atoms with Crippen molar-refractivity contribution >= 4 is 11.7 Å². The summed E-state index contributed by atoms with van der Waals surface area (Å²) in [4.78, 5) is 14.6. The smallest absolute Gasteiger partial charge is 0.321 e. The molecule has 0 aliphatic carbocycles. The fourth-order valence-corrected chi connectivity index (χ4v) is 3.60. The van der Waals surface area contributed by atoms with Crippen molar-refractivity contribution < 1.29 is 4.79 Å². The number of benzene rings is 2. The number of hydrogen-bond donors (Lipinski definition) is 1. The Kier molecular flexibility index (Phi) is 5.75. The van der Waals surface area contributed by atoms with Crippen LogP contribution in [0, 0.1) is 5.92 Å². The molecule has 132 valence electrons. The number of piperidine rings is 1. The lowest BCUT2D eigenvalue weighted by Gasteiger charge is -2.32. The SMILES string of the molecule is CC(C)c1ccccc1NC(=O)N1CCC(Cc2ccccc2)CC1. The summed E-state index contributed by atoms with van der Waals surface area (Å²) in [7, 11) is 0. The van der Waals surface area contributed by atoms with Crippen molar-refractivity contribution in [1.29, 1.82) is 0 Å². The lowest BCUT2D eigenvalue weighted by molar-refractivity contribution is 0.182. The van der Waals surface area contributed by atoms with E-state index in [0.717, 1.165) is 38.0 Å². The van der Waals surface area contributed by atoms with E-state index < -0.39 is 0 Å².